The first-order chi connectivity index (χ1) is 6.11. The molecule has 0 aliphatic carbocycles. The molecule has 4 heteroatoms. The summed E-state index contributed by atoms with van der Waals surface area (Å²) in [6, 6.07) is -0.213. The first-order valence-electron chi connectivity index (χ1n) is 4.61. The lowest BCUT2D eigenvalue weighted by Crippen LogP contribution is -2.39. The number of methoxy groups -OCH3 is 1. The fourth-order valence-electron chi connectivity index (χ4n) is 0.890. The van der Waals surface area contributed by atoms with Crippen molar-refractivity contribution in [2.45, 2.75) is 19.9 Å². The number of nitrogens with zero attached hydrogens (tertiary/aromatic N) is 1. The van der Waals surface area contributed by atoms with Gasteiger partial charge in [0.25, 0.3) is 0 Å². The number of rotatable bonds is 6. The summed E-state index contributed by atoms with van der Waals surface area (Å²) >= 11 is 0. The van der Waals surface area contributed by atoms with Gasteiger partial charge in [-0.15, -0.1) is 0 Å². The van der Waals surface area contributed by atoms with Crippen LogP contribution in [0.3, 0.4) is 0 Å². The highest BCUT2D eigenvalue weighted by Gasteiger charge is 2.11. The van der Waals surface area contributed by atoms with Gasteiger partial charge in [0.2, 0.25) is 0 Å². The average molecular weight is 188 g/mol. The molecule has 0 bridgehead atoms. The van der Waals surface area contributed by atoms with E-state index in [0.29, 0.717) is 0 Å². The summed E-state index contributed by atoms with van der Waals surface area (Å²) in [6.07, 6.45) is 0. The molecule has 0 amide bonds. The van der Waals surface area contributed by atoms with Gasteiger partial charge in [-0.3, -0.25) is 4.79 Å². The lowest BCUT2D eigenvalue weighted by Gasteiger charge is -2.16. The van der Waals surface area contributed by atoms with Crippen LogP contribution in [-0.4, -0.2) is 50.7 Å². The van der Waals surface area contributed by atoms with E-state index in [1.54, 1.807) is 6.92 Å². The lowest BCUT2D eigenvalue weighted by atomic mass is 10.3. The molecule has 4 nitrogen and oxygen atoms in total. The third kappa shape index (κ3) is 5.60. The predicted octanol–water partition coefficient (Wildman–Crippen LogP) is 0.0892. The zero-order chi connectivity index (χ0) is 10.3. The fourth-order valence-corrected chi connectivity index (χ4v) is 0.890. The van der Waals surface area contributed by atoms with Gasteiger partial charge >= 0.3 is 5.97 Å². The number of carbonyl (C=O) groups is 1. The van der Waals surface area contributed by atoms with E-state index in [9.17, 15) is 4.79 Å². The van der Waals surface area contributed by atoms with Crippen molar-refractivity contribution in [3.8, 4) is 0 Å². The molecule has 0 aromatic heterocycles. The summed E-state index contributed by atoms with van der Waals surface area (Å²) in [5.74, 6) is -0.209. The monoisotopic (exact) mass is 188 g/mol. The molecule has 0 aromatic carbocycles. The van der Waals surface area contributed by atoms with Crippen molar-refractivity contribution in [3.05, 3.63) is 0 Å². The van der Waals surface area contributed by atoms with Crippen LogP contribution in [0.15, 0.2) is 0 Å². The average Bonchev–Trinajstić information content (AvgIpc) is 2.15. The third-order valence-electron chi connectivity index (χ3n) is 2.04. The standard InChI is InChI=1S/C9H20N2O2/c1-5-11(3)7-6-10-8(2)9(12)13-4/h8,10H,5-7H2,1-4H3. The molecular formula is C9H20N2O2. The van der Waals surface area contributed by atoms with Gasteiger partial charge in [0, 0.05) is 13.1 Å². The number of ether oxygens (including phenoxy) is 1. The number of hydrogen-bond donors (Lipinski definition) is 1. The van der Waals surface area contributed by atoms with E-state index in [1.807, 2.05) is 7.05 Å². The van der Waals surface area contributed by atoms with E-state index in [0.717, 1.165) is 19.6 Å². The molecule has 0 radical (unpaired) electrons. The van der Waals surface area contributed by atoms with Gasteiger partial charge in [0.15, 0.2) is 0 Å². The highest BCUT2D eigenvalue weighted by molar-refractivity contribution is 5.74. The Morgan fingerprint density at radius 3 is 2.69 bits per heavy atom. The molecule has 0 saturated heterocycles. The molecule has 0 saturated carbocycles. The minimum absolute atomic E-state index is 0.209. The summed E-state index contributed by atoms with van der Waals surface area (Å²) in [4.78, 5) is 13.1. The molecule has 13 heavy (non-hydrogen) atoms. The van der Waals surface area contributed by atoms with Crippen LogP contribution in [0.5, 0.6) is 0 Å². The van der Waals surface area contributed by atoms with Gasteiger partial charge < -0.3 is 15.0 Å². The summed E-state index contributed by atoms with van der Waals surface area (Å²) in [6.45, 7) is 6.67. The molecule has 78 valence electrons. The Balaban J connectivity index is 3.47. The first kappa shape index (κ1) is 12.4. The second-order valence-corrected chi connectivity index (χ2v) is 3.09. The molecule has 0 spiro atoms. The Labute approximate surface area is 80.2 Å². The van der Waals surface area contributed by atoms with Gasteiger partial charge in [-0.05, 0) is 20.5 Å². The third-order valence-corrected chi connectivity index (χ3v) is 2.04. The molecule has 1 N–H and O–H groups in total. The smallest absolute Gasteiger partial charge is 0.322 e. The summed E-state index contributed by atoms with van der Waals surface area (Å²) in [5.41, 5.74) is 0. The Kier molecular flexibility index (Phi) is 6.54. The number of carbonyl (C=O) groups excluding carboxylic acids is 1. The van der Waals surface area contributed by atoms with E-state index < -0.39 is 0 Å². The van der Waals surface area contributed by atoms with Gasteiger partial charge in [0.1, 0.15) is 6.04 Å². The molecule has 0 rings (SSSR count). The maximum Gasteiger partial charge on any atom is 0.322 e. The summed E-state index contributed by atoms with van der Waals surface area (Å²) in [5, 5.41) is 3.08. The normalized spacial score (nSPS) is 13.0. The predicted molar refractivity (Wildman–Crippen MR) is 52.7 cm³/mol. The van der Waals surface area contributed by atoms with E-state index in [1.165, 1.54) is 7.11 Å². The molecule has 0 aliphatic rings. The zero-order valence-electron chi connectivity index (χ0n) is 8.96. The SMILES string of the molecule is CCN(C)CCNC(C)C(=O)OC. The second-order valence-electron chi connectivity index (χ2n) is 3.09. The van der Waals surface area contributed by atoms with Gasteiger partial charge in [-0.25, -0.2) is 0 Å². The second kappa shape index (κ2) is 6.86. The van der Waals surface area contributed by atoms with E-state index >= 15 is 0 Å². The minimum atomic E-state index is -0.213. The number of likely N-dealkylation sites (N-methyl/N-ethyl adjacent to an activating group) is 1. The Bertz CT molecular complexity index is 151. The molecule has 0 heterocycles. The maximum absolute atomic E-state index is 11.0. The molecule has 0 aliphatic heterocycles. The van der Waals surface area contributed by atoms with E-state index in [2.05, 4.69) is 21.9 Å². The summed E-state index contributed by atoms with van der Waals surface area (Å²) in [7, 11) is 3.45. The number of esters is 1. The molecule has 0 aromatic rings. The van der Waals surface area contributed by atoms with Crippen LogP contribution in [0, 0.1) is 0 Å². The Morgan fingerprint density at radius 2 is 2.23 bits per heavy atom. The molecule has 1 unspecified atom stereocenters. The molecule has 0 fully saturated rings. The minimum Gasteiger partial charge on any atom is -0.468 e. The van der Waals surface area contributed by atoms with Crippen LogP contribution in [-0.2, 0) is 9.53 Å². The molecular weight excluding hydrogens is 168 g/mol. The van der Waals surface area contributed by atoms with Crippen molar-refractivity contribution in [1.29, 1.82) is 0 Å². The van der Waals surface area contributed by atoms with Gasteiger partial charge in [-0.1, -0.05) is 6.92 Å². The number of hydrogen-bond acceptors (Lipinski definition) is 4. The van der Waals surface area contributed by atoms with Crippen LogP contribution >= 0.6 is 0 Å². The fraction of sp³-hybridized carbons (Fsp3) is 0.889. The van der Waals surface area contributed by atoms with Crippen molar-refractivity contribution in [2.75, 3.05) is 33.8 Å². The highest BCUT2D eigenvalue weighted by Crippen LogP contribution is 1.85. The lowest BCUT2D eigenvalue weighted by molar-refractivity contribution is -0.142. The molecule has 1 atom stereocenters. The van der Waals surface area contributed by atoms with Crippen LogP contribution in [0.1, 0.15) is 13.8 Å². The van der Waals surface area contributed by atoms with Crippen molar-refractivity contribution in [2.24, 2.45) is 0 Å². The van der Waals surface area contributed by atoms with Crippen molar-refractivity contribution in [3.63, 3.8) is 0 Å². The van der Waals surface area contributed by atoms with E-state index in [-0.39, 0.29) is 12.0 Å². The largest absolute Gasteiger partial charge is 0.468 e. The van der Waals surface area contributed by atoms with Crippen LogP contribution in [0.4, 0.5) is 0 Å². The van der Waals surface area contributed by atoms with Crippen molar-refractivity contribution < 1.29 is 9.53 Å². The number of nitrogens with one attached hydrogen (secondary N) is 1. The maximum atomic E-state index is 11.0. The quantitative estimate of drug-likeness (QED) is 0.600. The first-order valence-corrected chi connectivity index (χ1v) is 4.61. The van der Waals surface area contributed by atoms with Crippen molar-refractivity contribution in [1.82, 2.24) is 10.2 Å². The van der Waals surface area contributed by atoms with E-state index in [4.69, 9.17) is 0 Å². The van der Waals surface area contributed by atoms with Crippen molar-refractivity contribution >= 4 is 5.97 Å². The van der Waals surface area contributed by atoms with Crippen LogP contribution in [0.25, 0.3) is 0 Å². The van der Waals surface area contributed by atoms with Crippen LogP contribution in [0.2, 0.25) is 0 Å². The topological polar surface area (TPSA) is 41.6 Å². The summed E-state index contributed by atoms with van der Waals surface area (Å²) < 4.78 is 4.58. The Hall–Kier alpha value is -0.610. The van der Waals surface area contributed by atoms with Gasteiger partial charge in [0.05, 0.1) is 7.11 Å². The zero-order valence-corrected chi connectivity index (χ0v) is 8.96. The highest BCUT2D eigenvalue weighted by atomic mass is 16.5. The van der Waals surface area contributed by atoms with Gasteiger partial charge in [-0.2, -0.15) is 0 Å². The Morgan fingerprint density at radius 1 is 1.62 bits per heavy atom. The van der Waals surface area contributed by atoms with Crippen LogP contribution < -0.4 is 5.32 Å².